The van der Waals surface area contributed by atoms with Crippen LogP contribution in [-0.4, -0.2) is 33.6 Å². The molecule has 0 aliphatic heterocycles. The number of nitrogens with zero attached hydrogens (tertiary/aromatic N) is 3. The lowest BCUT2D eigenvalue weighted by Gasteiger charge is -2.17. The number of carbonyl (C=O) groups excluding carboxylic acids is 2. The van der Waals surface area contributed by atoms with Crippen molar-refractivity contribution in [3.05, 3.63) is 82.6 Å². The van der Waals surface area contributed by atoms with Crippen molar-refractivity contribution in [2.75, 3.05) is 7.05 Å². The predicted octanol–water partition coefficient (Wildman–Crippen LogP) is 5.12. The van der Waals surface area contributed by atoms with Gasteiger partial charge in [-0.25, -0.2) is 9.37 Å². The third kappa shape index (κ3) is 5.73. The second-order valence-corrected chi connectivity index (χ2v) is 7.58. The first-order valence-corrected chi connectivity index (χ1v) is 10.4. The highest BCUT2D eigenvalue weighted by Crippen LogP contribution is 2.23. The Morgan fingerprint density at radius 3 is 2.48 bits per heavy atom. The molecule has 0 saturated heterocycles. The fourth-order valence-corrected chi connectivity index (χ4v) is 3.39. The van der Waals surface area contributed by atoms with Crippen molar-refractivity contribution < 1.29 is 14.0 Å². The Morgan fingerprint density at radius 1 is 1.06 bits per heavy atom. The van der Waals surface area contributed by atoms with Gasteiger partial charge in [0.05, 0.1) is 0 Å². The van der Waals surface area contributed by atoms with Gasteiger partial charge in [-0.05, 0) is 35.7 Å². The van der Waals surface area contributed by atoms with Crippen LogP contribution >= 0.6 is 11.6 Å². The van der Waals surface area contributed by atoms with Gasteiger partial charge in [0.15, 0.2) is 5.78 Å². The number of Topliss-reactive ketones (excluding diaryl/α,β-unsaturated/α-hetero) is 1. The molecule has 0 fully saturated rings. The molecule has 0 aliphatic carbocycles. The van der Waals surface area contributed by atoms with E-state index < -0.39 is 0 Å². The number of aromatic nitrogens is 2. The van der Waals surface area contributed by atoms with E-state index in [0.717, 1.165) is 5.56 Å². The monoisotopic (exact) mass is 439 g/mol. The minimum atomic E-state index is -0.387. The Bertz CT molecular complexity index is 1090. The Labute approximate surface area is 185 Å². The zero-order valence-electron chi connectivity index (χ0n) is 17.4. The number of rotatable bonds is 8. The zero-order chi connectivity index (χ0) is 22.4. The van der Waals surface area contributed by atoms with E-state index in [-0.39, 0.29) is 30.5 Å². The first-order valence-electron chi connectivity index (χ1n) is 10.0. The molecule has 1 amide bonds. The maximum atomic E-state index is 14.5. The Balaban J connectivity index is 1.66. The molecule has 0 radical (unpaired) electrons. The second-order valence-electron chi connectivity index (χ2n) is 7.22. The van der Waals surface area contributed by atoms with Crippen LogP contribution < -0.4 is 0 Å². The normalized spacial score (nSPS) is 10.7. The molecule has 1 aromatic carbocycles. The van der Waals surface area contributed by atoms with Crippen LogP contribution in [0.1, 0.15) is 41.4 Å². The number of pyridine rings is 2. The van der Waals surface area contributed by atoms with Crippen LogP contribution in [0.4, 0.5) is 4.39 Å². The molecule has 0 unspecified atom stereocenters. The van der Waals surface area contributed by atoms with Crippen LogP contribution in [0.5, 0.6) is 0 Å². The first kappa shape index (κ1) is 22.6. The van der Waals surface area contributed by atoms with Crippen molar-refractivity contribution >= 4 is 23.3 Å². The van der Waals surface area contributed by atoms with Crippen LogP contribution in [0.15, 0.2) is 54.9 Å². The van der Waals surface area contributed by atoms with E-state index in [0.29, 0.717) is 40.4 Å². The van der Waals surface area contributed by atoms with Crippen molar-refractivity contribution in [2.24, 2.45) is 0 Å². The van der Waals surface area contributed by atoms with Crippen LogP contribution in [0.25, 0.3) is 11.1 Å². The van der Waals surface area contributed by atoms with Gasteiger partial charge < -0.3 is 4.90 Å². The van der Waals surface area contributed by atoms with Gasteiger partial charge in [0, 0.05) is 50.0 Å². The Kier molecular flexibility index (Phi) is 7.47. The van der Waals surface area contributed by atoms with Gasteiger partial charge in [-0.1, -0.05) is 42.8 Å². The van der Waals surface area contributed by atoms with Crippen molar-refractivity contribution in [3.63, 3.8) is 0 Å². The average molecular weight is 440 g/mol. The lowest BCUT2D eigenvalue weighted by atomic mass is 10.0. The first-order chi connectivity index (χ1) is 14.9. The molecule has 3 rings (SSSR count). The molecule has 3 aromatic rings. The standard InChI is InChI=1S/C24H23ClFN3O2/c1-3-23(31)29(2)15-19-7-6-17(13-20(19)26)18-8-10-21(28-14-18)22(30)11-9-16-5-4-12-27-24(16)25/h4-8,10,12-14H,3,9,11,15H2,1-2H3. The molecule has 0 N–H and O–H groups in total. The fourth-order valence-electron chi connectivity index (χ4n) is 3.18. The number of benzene rings is 1. The summed E-state index contributed by atoms with van der Waals surface area (Å²) in [7, 11) is 1.65. The van der Waals surface area contributed by atoms with E-state index in [1.165, 1.54) is 11.0 Å². The van der Waals surface area contributed by atoms with Crippen molar-refractivity contribution in [3.8, 4) is 11.1 Å². The quantitative estimate of drug-likeness (QED) is 0.361. The summed E-state index contributed by atoms with van der Waals surface area (Å²) in [6.07, 6.45) is 4.29. The highest BCUT2D eigenvalue weighted by Gasteiger charge is 2.13. The van der Waals surface area contributed by atoms with Gasteiger partial charge in [-0.3, -0.25) is 14.6 Å². The predicted molar refractivity (Wildman–Crippen MR) is 118 cm³/mol. The molecule has 31 heavy (non-hydrogen) atoms. The number of amides is 1. The van der Waals surface area contributed by atoms with E-state index in [1.807, 2.05) is 6.07 Å². The van der Waals surface area contributed by atoms with Crippen molar-refractivity contribution in [1.29, 1.82) is 0 Å². The largest absolute Gasteiger partial charge is 0.341 e. The number of ketones is 1. The number of hydrogen-bond acceptors (Lipinski definition) is 4. The number of carbonyl (C=O) groups is 2. The number of hydrogen-bond donors (Lipinski definition) is 0. The SMILES string of the molecule is CCC(=O)N(C)Cc1ccc(-c2ccc(C(=O)CCc3cccnc3Cl)nc2)cc1F. The topological polar surface area (TPSA) is 63.2 Å². The summed E-state index contributed by atoms with van der Waals surface area (Å²) in [4.78, 5) is 33.9. The summed E-state index contributed by atoms with van der Waals surface area (Å²) in [5, 5.41) is 0.398. The molecule has 7 heteroatoms. The summed E-state index contributed by atoms with van der Waals surface area (Å²) in [5.74, 6) is -0.530. The summed E-state index contributed by atoms with van der Waals surface area (Å²) in [5.41, 5.74) is 2.97. The second kappa shape index (κ2) is 10.3. The molecular formula is C24H23ClFN3O2. The van der Waals surface area contributed by atoms with Crippen molar-refractivity contribution in [1.82, 2.24) is 14.9 Å². The summed E-state index contributed by atoms with van der Waals surface area (Å²) in [6.45, 7) is 1.99. The summed E-state index contributed by atoms with van der Waals surface area (Å²) >= 11 is 6.03. The molecule has 0 bridgehead atoms. The van der Waals surface area contributed by atoms with E-state index >= 15 is 0 Å². The smallest absolute Gasteiger partial charge is 0.222 e. The van der Waals surface area contributed by atoms with Gasteiger partial charge in [0.1, 0.15) is 16.7 Å². The third-order valence-corrected chi connectivity index (χ3v) is 5.37. The molecule has 5 nitrogen and oxygen atoms in total. The average Bonchev–Trinajstić information content (AvgIpc) is 2.79. The summed E-state index contributed by atoms with van der Waals surface area (Å²) < 4.78 is 14.5. The van der Waals surface area contributed by atoms with Crippen LogP contribution in [0, 0.1) is 5.82 Å². The van der Waals surface area contributed by atoms with E-state index in [2.05, 4.69) is 9.97 Å². The molecule has 0 atom stereocenters. The molecule has 2 heterocycles. The molecule has 0 spiro atoms. The molecular weight excluding hydrogens is 417 g/mol. The van der Waals surface area contributed by atoms with E-state index in [4.69, 9.17) is 11.6 Å². The summed E-state index contributed by atoms with van der Waals surface area (Å²) in [6, 6.07) is 11.9. The van der Waals surface area contributed by atoms with E-state index in [1.54, 1.807) is 56.7 Å². The maximum absolute atomic E-state index is 14.5. The molecule has 160 valence electrons. The fraction of sp³-hybridized carbons (Fsp3) is 0.250. The molecule has 0 saturated carbocycles. The van der Waals surface area contributed by atoms with Gasteiger partial charge in [-0.15, -0.1) is 0 Å². The Hall–Kier alpha value is -3.12. The highest BCUT2D eigenvalue weighted by molar-refractivity contribution is 6.30. The van der Waals surface area contributed by atoms with Crippen LogP contribution in [0.2, 0.25) is 5.15 Å². The third-order valence-electron chi connectivity index (χ3n) is 5.03. The molecule has 2 aromatic heterocycles. The number of halogens is 2. The Morgan fingerprint density at radius 2 is 1.84 bits per heavy atom. The lowest BCUT2D eigenvalue weighted by molar-refractivity contribution is -0.130. The van der Waals surface area contributed by atoms with Crippen LogP contribution in [-0.2, 0) is 17.8 Å². The maximum Gasteiger partial charge on any atom is 0.222 e. The van der Waals surface area contributed by atoms with Gasteiger partial charge in [0.25, 0.3) is 0 Å². The minimum absolute atomic E-state index is 0.0428. The van der Waals surface area contributed by atoms with E-state index in [9.17, 15) is 14.0 Å². The minimum Gasteiger partial charge on any atom is -0.341 e. The zero-order valence-corrected chi connectivity index (χ0v) is 18.2. The van der Waals surface area contributed by atoms with Crippen molar-refractivity contribution in [2.45, 2.75) is 32.7 Å². The molecule has 0 aliphatic rings. The highest BCUT2D eigenvalue weighted by atomic mass is 35.5. The van der Waals surface area contributed by atoms with Gasteiger partial charge in [-0.2, -0.15) is 0 Å². The van der Waals surface area contributed by atoms with Crippen LogP contribution in [0.3, 0.4) is 0 Å². The van der Waals surface area contributed by atoms with Gasteiger partial charge >= 0.3 is 0 Å². The van der Waals surface area contributed by atoms with Gasteiger partial charge in [0.2, 0.25) is 5.91 Å². The lowest BCUT2D eigenvalue weighted by Crippen LogP contribution is -2.25. The number of aryl methyl sites for hydroxylation is 1.